The fraction of sp³-hybridized carbons (Fsp3) is 0.500. The van der Waals surface area contributed by atoms with Crippen molar-refractivity contribution in [2.24, 2.45) is 5.41 Å². The highest BCUT2D eigenvalue weighted by molar-refractivity contribution is 5.94. The third kappa shape index (κ3) is 2.97. The predicted octanol–water partition coefficient (Wildman–Crippen LogP) is 0.794. The molecule has 2 amide bonds. The van der Waals surface area contributed by atoms with Crippen molar-refractivity contribution < 1.29 is 14.3 Å². The van der Waals surface area contributed by atoms with Gasteiger partial charge in [-0.3, -0.25) is 18.8 Å². The highest BCUT2D eigenvalue weighted by Crippen LogP contribution is 2.41. The van der Waals surface area contributed by atoms with Crippen LogP contribution in [0.5, 0.6) is 0 Å². The van der Waals surface area contributed by atoms with Crippen molar-refractivity contribution in [1.29, 1.82) is 0 Å². The number of fused-ring (bicyclic) bond motifs is 1. The third-order valence-electron chi connectivity index (χ3n) is 6.08. The molecule has 8 heteroatoms. The van der Waals surface area contributed by atoms with Gasteiger partial charge >= 0.3 is 0 Å². The van der Waals surface area contributed by atoms with Crippen LogP contribution in [0.4, 0.5) is 0 Å². The molecular formula is C20H24N4O4. The van der Waals surface area contributed by atoms with Gasteiger partial charge in [-0.1, -0.05) is 6.07 Å². The second kappa shape index (κ2) is 7.01. The zero-order valence-electron chi connectivity index (χ0n) is 16.1. The zero-order valence-corrected chi connectivity index (χ0v) is 16.1. The number of rotatable bonds is 2. The van der Waals surface area contributed by atoms with Gasteiger partial charge in [-0.05, 0) is 31.4 Å². The highest BCUT2D eigenvalue weighted by Gasteiger charge is 2.48. The highest BCUT2D eigenvalue weighted by atomic mass is 16.5. The van der Waals surface area contributed by atoms with Crippen molar-refractivity contribution in [3.63, 3.8) is 0 Å². The largest absolute Gasteiger partial charge is 0.380 e. The van der Waals surface area contributed by atoms with Gasteiger partial charge in [0.25, 0.3) is 11.5 Å². The first kappa shape index (κ1) is 18.6. The number of likely N-dealkylation sites (N-methyl/N-ethyl adjacent to an activating group) is 1. The Morgan fingerprint density at radius 2 is 2.00 bits per heavy atom. The summed E-state index contributed by atoms with van der Waals surface area (Å²) in [6, 6.07) is 5.24. The zero-order chi connectivity index (χ0) is 19.9. The minimum Gasteiger partial charge on any atom is -0.380 e. The molecule has 0 bridgehead atoms. The van der Waals surface area contributed by atoms with Gasteiger partial charge in [-0.2, -0.15) is 0 Å². The van der Waals surface area contributed by atoms with E-state index < -0.39 is 5.41 Å². The molecule has 148 valence electrons. The number of ether oxygens (including phenoxy) is 1. The first-order valence-electron chi connectivity index (χ1n) is 9.49. The van der Waals surface area contributed by atoms with Gasteiger partial charge in [0.2, 0.25) is 5.91 Å². The lowest BCUT2D eigenvalue weighted by Gasteiger charge is -2.47. The molecule has 8 nitrogen and oxygen atoms in total. The van der Waals surface area contributed by atoms with E-state index in [2.05, 4.69) is 4.98 Å². The van der Waals surface area contributed by atoms with Crippen molar-refractivity contribution in [2.75, 3.05) is 33.8 Å². The Hall–Kier alpha value is -2.74. The number of aromatic nitrogens is 2. The van der Waals surface area contributed by atoms with Crippen LogP contribution in [-0.2, 0) is 9.53 Å². The third-order valence-corrected chi connectivity index (χ3v) is 6.08. The monoisotopic (exact) mass is 384 g/mol. The molecule has 1 atom stereocenters. The summed E-state index contributed by atoms with van der Waals surface area (Å²) in [7, 11) is 3.47. The number of piperidine rings is 2. The van der Waals surface area contributed by atoms with Gasteiger partial charge in [-0.15, -0.1) is 0 Å². The summed E-state index contributed by atoms with van der Waals surface area (Å²) in [5.41, 5.74) is -0.297. The van der Waals surface area contributed by atoms with Gasteiger partial charge in [0, 0.05) is 46.2 Å². The van der Waals surface area contributed by atoms with Crippen LogP contribution < -0.4 is 5.56 Å². The molecule has 0 aromatic carbocycles. The molecule has 1 unspecified atom stereocenters. The van der Waals surface area contributed by atoms with Crippen LogP contribution in [0.2, 0.25) is 0 Å². The lowest BCUT2D eigenvalue weighted by Crippen LogP contribution is -2.57. The molecule has 2 aromatic rings. The van der Waals surface area contributed by atoms with Gasteiger partial charge in [0.15, 0.2) is 0 Å². The molecule has 4 heterocycles. The van der Waals surface area contributed by atoms with Gasteiger partial charge < -0.3 is 14.5 Å². The summed E-state index contributed by atoms with van der Waals surface area (Å²) in [5.74, 6) is -0.203. The van der Waals surface area contributed by atoms with E-state index in [1.165, 1.54) is 10.6 Å². The van der Waals surface area contributed by atoms with Crippen molar-refractivity contribution in [3.05, 3.63) is 46.5 Å². The summed E-state index contributed by atoms with van der Waals surface area (Å²) in [6.45, 7) is 1.47. The Balaban J connectivity index is 1.54. The summed E-state index contributed by atoms with van der Waals surface area (Å²) in [4.78, 5) is 46.1. The molecule has 0 radical (unpaired) electrons. The number of carbonyl (C=O) groups excluding carboxylic acids is 2. The Morgan fingerprint density at radius 3 is 2.71 bits per heavy atom. The molecule has 2 aromatic heterocycles. The smallest absolute Gasteiger partial charge is 0.270 e. The summed E-state index contributed by atoms with van der Waals surface area (Å²) in [5, 5.41) is 0. The second-order valence-corrected chi connectivity index (χ2v) is 7.73. The maximum atomic E-state index is 13.0. The van der Waals surface area contributed by atoms with Crippen LogP contribution >= 0.6 is 0 Å². The molecule has 0 aliphatic carbocycles. The number of nitrogens with zero attached hydrogens (tertiary/aromatic N) is 4. The number of hydrogen-bond acceptors (Lipinski definition) is 5. The van der Waals surface area contributed by atoms with E-state index in [1.807, 2.05) is 0 Å². The minimum atomic E-state index is -0.485. The van der Waals surface area contributed by atoms with Gasteiger partial charge in [-0.25, -0.2) is 4.98 Å². The molecule has 0 saturated carbocycles. The van der Waals surface area contributed by atoms with Crippen molar-refractivity contribution in [3.8, 4) is 0 Å². The molecule has 2 fully saturated rings. The fourth-order valence-electron chi connectivity index (χ4n) is 4.44. The number of carbonyl (C=O) groups is 2. The van der Waals surface area contributed by atoms with Crippen molar-refractivity contribution in [2.45, 2.75) is 25.4 Å². The van der Waals surface area contributed by atoms with Crippen LogP contribution in [0.25, 0.3) is 5.65 Å². The SMILES string of the molecule is COC1CN(C)C(=O)C2(CCN(C(=O)c3cnc4ccccn4c3=O)CC2)C1. The average molecular weight is 384 g/mol. The number of amides is 2. The number of pyridine rings is 1. The topological polar surface area (TPSA) is 84.2 Å². The fourth-order valence-corrected chi connectivity index (χ4v) is 4.44. The molecule has 2 saturated heterocycles. The van der Waals surface area contributed by atoms with E-state index in [9.17, 15) is 14.4 Å². The number of methoxy groups -OCH3 is 1. The lowest BCUT2D eigenvalue weighted by atomic mass is 9.71. The predicted molar refractivity (Wildman–Crippen MR) is 102 cm³/mol. The Morgan fingerprint density at radius 1 is 1.25 bits per heavy atom. The molecule has 28 heavy (non-hydrogen) atoms. The molecule has 2 aliphatic heterocycles. The maximum absolute atomic E-state index is 13.0. The first-order valence-corrected chi connectivity index (χ1v) is 9.49. The van der Waals surface area contributed by atoms with Gasteiger partial charge in [0.1, 0.15) is 11.2 Å². The Kier molecular flexibility index (Phi) is 4.66. The van der Waals surface area contributed by atoms with Crippen LogP contribution in [0, 0.1) is 5.41 Å². The van der Waals surface area contributed by atoms with Crippen LogP contribution in [0.3, 0.4) is 0 Å². The van der Waals surface area contributed by atoms with Crippen LogP contribution in [0.1, 0.15) is 29.6 Å². The van der Waals surface area contributed by atoms with Crippen molar-refractivity contribution in [1.82, 2.24) is 19.2 Å². The van der Waals surface area contributed by atoms with E-state index in [0.29, 0.717) is 44.5 Å². The van der Waals surface area contributed by atoms with Crippen LogP contribution in [-0.4, -0.2) is 70.9 Å². The summed E-state index contributed by atoms with van der Waals surface area (Å²) in [6.07, 6.45) is 4.79. The van der Waals surface area contributed by atoms with E-state index in [0.717, 1.165) is 0 Å². The minimum absolute atomic E-state index is 0.0132. The van der Waals surface area contributed by atoms with Gasteiger partial charge in [0.05, 0.1) is 11.5 Å². The average Bonchev–Trinajstić information content (AvgIpc) is 2.72. The Bertz CT molecular complexity index is 978. The summed E-state index contributed by atoms with van der Waals surface area (Å²) < 4.78 is 6.89. The Labute approximate surface area is 162 Å². The number of hydrogen-bond donors (Lipinski definition) is 0. The number of likely N-dealkylation sites (tertiary alicyclic amines) is 2. The quantitative estimate of drug-likeness (QED) is 0.765. The molecular weight excluding hydrogens is 360 g/mol. The molecule has 2 aliphatic rings. The molecule has 1 spiro atoms. The standard InChI is InChI=1S/C20H24N4O4/c1-22-13-14(28-2)11-20(19(22)27)6-9-23(10-7-20)17(25)15-12-21-16-5-3-4-8-24(16)18(15)26/h3-5,8,12,14H,6-7,9-11,13H2,1-2H3. The molecule has 0 N–H and O–H groups in total. The van der Waals surface area contributed by atoms with E-state index in [1.54, 1.807) is 48.4 Å². The van der Waals surface area contributed by atoms with E-state index in [-0.39, 0.29) is 29.0 Å². The van der Waals surface area contributed by atoms with Crippen LogP contribution in [0.15, 0.2) is 35.4 Å². The first-order chi connectivity index (χ1) is 13.4. The lowest BCUT2D eigenvalue weighted by molar-refractivity contribution is -0.155. The van der Waals surface area contributed by atoms with Crippen molar-refractivity contribution >= 4 is 17.5 Å². The maximum Gasteiger partial charge on any atom is 0.270 e. The summed E-state index contributed by atoms with van der Waals surface area (Å²) >= 11 is 0. The second-order valence-electron chi connectivity index (χ2n) is 7.73. The van der Waals surface area contributed by atoms with E-state index >= 15 is 0 Å². The van der Waals surface area contributed by atoms with E-state index in [4.69, 9.17) is 4.74 Å². The normalized spacial score (nSPS) is 22.1. The molecule has 4 rings (SSSR count).